The van der Waals surface area contributed by atoms with Crippen LogP contribution in [0.1, 0.15) is 0 Å². The number of hydrogen-bond donors (Lipinski definition) is 2. The highest BCUT2D eigenvalue weighted by Gasteiger charge is 2.04. The maximum Gasteiger partial charge on any atom is 0.269 e. The molecule has 0 saturated carbocycles. The van der Waals surface area contributed by atoms with Crippen LogP contribution in [-0.4, -0.2) is 49.4 Å². The van der Waals surface area contributed by atoms with Gasteiger partial charge in [-0.05, 0) is 24.3 Å². The SMILES string of the molecule is O=[N+]([O-])c1ccc(NCCOCCOCCNc2ccc([N+](=O)[O-])cc2)cc1. The molecule has 0 unspecified atom stereocenters. The monoisotopic (exact) mass is 390 g/mol. The van der Waals surface area contributed by atoms with Crippen LogP contribution in [0.25, 0.3) is 0 Å². The average molecular weight is 390 g/mol. The Bertz CT molecular complexity index is 686. The predicted molar refractivity (Wildman–Crippen MR) is 105 cm³/mol. The summed E-state index contributed by atoms with van der Waals surface area (Å²) in [6.45, 7) is 3.06. The van der Waals surface area contributed by atoms with E-state index in [0.717, 1.165) is 11.4 Å². The second-order valence-electron chi connectivity index (χ2n) is 5.69. The second-order valence-corrected chi connectivity index (χ2v) is 5.69. The van der Waals surface area contributed by atoms with E-state index in [1.54, 1.807) is 24.3 Å². The van der Waals surface area contributed by atoms with E-state index in [4.69, 9.17) is 9.47 Å². The molecule has 10 heteroatoms. The molecule has 150 valence electrons. The quantitative estimate of drug-likeness (QED) is 0.303. The maximum absolute atomic E-state index is 10.6. The molecule has 2 rings (SSSR count). The molecule has 2 aromatic rings. The minimum Gasteiger partial charge on any atom is -0.383 e. The summed E-state index contributed by atoms with van der Waals surface area (Å²) in [5.41, 5.74) is 1.70. The van der Waals surface area contributed by atoms with Crippen molar-refractivity contribution in [2.24, 2.45) is 0 Å². The van der Waals surface area contributed by atoms with Crippen molar-refractivity contribution in [1.82, 2.24) is 0 Å². The third-order valence-corrected chi connectivity index (χ3v) is 3.68. The van der Waals surface area contributed by atoms with E-state index >= 15 is 0 Å². The largest absolute Gasteiger partial charge is 0.383 e. The van der Waals surface area contributed by atoms with Crippen LogP contribution in [0.3, 0.4) is 0 Å². The highest BCUT2D eigenvalue weighted by Crippen LogP contribution is 2.15. The Hall–Kier alpha value is -3.24. The first-order chi connectivity index (χ1) is 13.6. The van der Waals surface area contributed by atoms with E-state index in [0.29, 0.717) is 39.5 Å². The number of ether oxygens (including phenoxy) is 2. The Morgan fingerprint density at radius 3 is 1.32 bits per heavy atom. The van der Waals surface area contributed by atoms with Crippen LogP contribution in [0.4, 0.5) is 22.7 Å². The number of rotatable bonds is 13. The fraction of sp³-hybridized carbons (Fsp3) is 0.333. The molecule has 0 aromatic heterocycles. The van der Waals surface area contributed by atoms with Crippen LogP contribution in [0, 0.1) is 20.2 Å². The van der Waals surface area contributed by atoms with Gasteiger partial charge in [-0.15, -0.1) is 0 Å². The van der Waals surface area contributed by atoms with Gasteiger partial charge in [0.2, 0.25) is 0 Å². The summed E-state index contributed by atoms with van der Waals surface area (Å²) in [7, 11) is 0. The van der Waals surface area contributed by atoms with Gasteiger partial charge in [-0.2, -0.15) is 0 Å². The van der Waals surface area contributed by atoms with Crippen LogP contribution in [0.5, 0.6) is 0 Å². The first kappa shape index (κ1) is 21.1. The molecule has 0 saturated heterocycles. The Kier molecular flexibility index (Phi) is 8.63. The number of anilines is 2. The summed E-state index contributed by atoms with van der Waals surface area (Å²) in [4.78, 5) is 20.3. The van der Waals surface area contributed by atoms with Crippen LogP contribution >= 0.6 is 0 Å². The number of nitro groups is 2. The Labute approximate surface area is 161 Å². The van der Waals surface area contributed by atoms with Gasteiger partial charge in [0.25, 0.3) is 11.4 Å². The van der Waals surface area contributed by atoms with Gasteiger partial charge in [-0.1, -0.05) is 0 Å². The van der Waals surface area contributed by atoms with Gasteiger partial charge in [-0.3, -0.25) is 20.2 Å². The molecule has 10 nitrogen and oxygen atoms in total. The summed E-state index contributed by atoms with van der Waals surface area (Å²) in [6.07, 6.45) is 0. The van der Waals surface area contributed by atoms with Crippen LogP contribution in [0.2, 0.25) is 0 Å². The molecular formula is C18H22N4O6. The third kappa shape index (κ3) is 7.56. The van der Waals surface area contributed by atoms with Crippen molar-refractivity contribution in [3.63, 3.8) is 0 Å². The van der Waals surface area contributed by atoms with Gasteiger partial charge < -0.3 is 20.1 Å². The second kappa shape index (κ2) is 11.5. The van der Waals surface area contributed by atoms with Gasteiger partial charge >= 0.3 is 0 Å². The summed E-state index contributed by atoms with van der Waals surface area (Å²) in [5, 5.41) is 27.4. The summed E-state index contributed by atoms with van der Waals surface area (Å²) < 4.78 is 10.9. The van der Waals surface area contributed by atoms with Crippen LogP contribution in [0.15, 0.2) is 48.5 Å². The number of non-ortho nitro benzene ring substituents is 2. The van der Waals surface area contributed by atoms with E-state index in [1.807, 2.05) is 0 Å². The number of benzene rings is 2. The molecule has 0 aliphatic carbocycles. The smallest absolute Gasteiger partial charge is 0.269 e. The molecule has 0 bridgehead atoms. The lowest BCUT2D eigenvalue weighted by Gasteiger charge is -2.09. The average Bonchev–Trinajstić information content (AvgIpc) is 2.70. The zero-order valence-corrected chi connectivity index (χ0v) is 15.2. The van der Waals surface area contributed by atoms with Gasteiger partial charge in [0, 0.05) is 48.7 Å². The summed E-state index contributed by atoms with van der Waals surface area (Å²) in [5.74, 6) is 0. The van der Waals surface area contributed by atoms with Crippen molar-refractivity contribution in [3.8, 4) is 0 Å². The van der Waals surface area contributed by atoms with Crippen LogP contribution < -0.4 is 10.6 Å². The minimum absolute atomic E-state index is 0.0574. The zero-order chi connectivity index (χ0) is 20.2. The maximum atomic E-state index is 10.6. The highest BCUT2D eigenvalue weighted by atomic mass is 16.6. The van der Waals surface area contributed by atoms with Crippen molar-refractivity contribution in [3.05, 3.63) is 68.8 Å². The van der Waals surface area contributed by atoms with E-state index in [1.165, 1.54) is 24.3 Å². The third-order valence-electron chi connectivity index (χ3n) is 3.68. The van der Waals surface area contributed by atoms with Crippen molar-refractivity contribution in [2.75, 3.05) is 50.2 Å². The highest BCUT2D eigenvalue weighted by molar-refractivity contribution is 5.49. The zero-order valence-electron chi connectivity index (χ0n) is 15.2. The lowest BCUT2D eigenvalue weighted by atomic mass is 10.3. The number of nitrogens with one attached hydrogen (secondary N) is 2. The van der Waals surface area contributed by atoms with E-state index in [9.17, 15) is 20.2 Å². The molecule has 0 atom stereocenters. The van der Waals surface area contributed by atoms with Crippen molar-refractivity contribution < 1.29 is 19.3 Å². The Morgan fingerprint density at radius 2 is 1.00 bits per heavy atom. The molecule has 0 heterocycles. The lowest BCUT2D eigenvalue weighted by Crippen LogP contribution is -2.15. The molecule has 0 radical (unpaired) electrons. The van der Waals surface area contributed by atoms with Gasteiger partial charge in [0.1, 0.15) is 0 Å². The van der Waals surface area contributed by atoms with E-state index < -0.39 is 9.85 Å². The fourth-order valence-corrected chi connectivity index (χ4v) is 2.26. The Balaban J connectivity index is 1.45. The summed E-state index contributed by atoms with van der Waals surface area (Å²) in [6, 6.07) is 12.4. The first-order valence-electron chi connectivity index (χ1n) is 8.68. The molecule has 2 aromatic carbocycles. The van der Waals surface area contributed by atoms with E-state index in [-0.39, 0.29) is 11.4 Å². The standard InChI is InChI=1S/C18H22N4O6/c23-21(24)17-5-1-15(2-6-17)19-9-11-27-13-14-28-12-10-20-16-3-7-18(8-4-16)22(25)26/h1-8,19-20H,9-14H2. The van der Waals surface area contributed by atoms with Crippen molar-refractivity contribution in [1.29, 1.82) is 0 Å². The molecule has 0 aliphatic rings. The van der Waals surface area contributed by atoms with Crippen molar-refractivity contribution >= 4 is 22.7 Å². The number of nitro benzene ring substituents is 2. The lowest BCUT2D eigenvalue weighted by molar-refractivity contribution is -0.385. The normalized spacial score (nSPS) is 10.4. The van der Waals surface area contributed by atoms with E-state index in [2.05, 4.69) is 10.6 Å². The Morgan fingerprint density at radius 1 is 0.643 bits per heavy atom. The number of nitrogens with zero attached hydrogens (tertiary/aromatic N) is 2. The molecule has 0 spiro atoms. The molecule has 0 amide bonds. The van der Waals surface area contributed by atoms with Gasteiger partial charge in [0.05, 0.1) is 36.3 Å². The molecule has 0 aliphatic heterocycles. The molecule has 0 fully saturated rings. The summed E-state index contributed by atoms with van der Waals surface area (Å²) >= 11 is 0. The topological polar surface area (TPSA) is 129 Å². The van der Waals surface area contributed by atoms with Gasteiger partial charge in [-0.25, -0.2) is 0 Å². The molecular weight excluding hydrogens is 368 g/mol. The van der Waals surface area contributed by atoms with Crippen LogP contribution in [-0.2, 0) is 9.47 Å². The minimum atomic E-state index is -0.436. The molecule has 28 heavy (non-hydrogen) atoms. The fourth-order valence-electron chi connectivity index (χ4n) is 2.26. The van der Waals surface area contributed by atoms with Gasteiger partial charge in [0.15, 0.2) is 0 Å². The predicted octanol–water partition coefficient (Wildman–Crippen LogP) is 3.06. The number of hydrogen-bond acceptors (Lipinski definition) is 8. The molecule has 2 N–H and O–H groups in total. The van der Waals surface area contributed by atoms with Crippen molar-refractivity contribution in [2.45, 2.75) is 0 Å². The first-order valence-corrected chi connectivity index (χ1v) is 8.68.